The molecule has 0 spiro atoms. The van der Waals surface area contributed by atoms with E-state index >= 15 is 0 Å². The maximum absolute atomic E-state index is 13.8. The van der Waals surface area contributed by atoms with Gasteiger partial charge in [0.25, 0.3) is 0 Å². The molecule has 0 amide bonds. The predicted molar refractivity (Wildman–Crippen MR) is 70.0 cm³/mol. The molecule has 3 nitrogen and oxygen atoms in total. The molecular formula is C13H8BrFN2O. The van der Waals surface area contributed by atoms with Crippen LogP contribution in [-0.4, -0.2) is 14.5 Å². The summed E-state index contributed by atoms with van der Waals surface area (Å²) in [5.74, 6) is 0.205. The Morgan fingerprint density at radius 1 is 1.17 bits per heavy atom. The minimum Gasteiger partial charge on any atom is -0.506 e. The Labute approximate surface area is 111 Å². The minimum atomic E-state index is -0.347. The van der Waals surface area contributed by atoms with Gasteiger partial charge in [0, 0.05) is 0 Å². The summed E-state index contributed by atoms with van der Waals surface area (Å²) >= 11 is 3.33. The smallest absolute Gasteiger partial charge is 0.148 e. The minimum absolute atomic E-state index is 0.102. The van der Waals surface area contributed by atoms with Crippen LogP contribution in [0, 0.1) is 5.82 Å². The third-order valence-corrected chi connectivity index (χ3v) is 3.27. The van der Waals surface area contributed by atoms with Gasteiger partial charge in [0.1, 0.15) is 22.0 Å². The number of hydrogen-bond donors (Lipinski definition) is 1. The molecule has 1 aromatic carbocycles. The maximum atomic E-state index is 13.8. The number of rotatable bonds is 1. The molecule has 1 N–H and O–H groups in total. The molecule has 0 aliphatic heterocycles. The fraction of sp³-hybridized carbons (Fsp3) is 0. The first-order chi connectivity index (χ1) is 8.66. The van der Waals surface area contributed by atoms with Gasteiger partial charge >= 0.3 is 0 Å². The summed E-state index contributed by atoms with van der Waals surface area (Å²) in [7, 11) is 0. The quantitative estimate of drug-likeness (QED) is 0.746. The summed E-state index contributed by atoms with van der Waals surface area (Å²) in [6, 6.07) is 9.69. The van der Waals surface area contributed by atoms with Crippen molar-refractivity contribution >= 4 is 21.4 Å². The first-order valence-electron chi connectivity index (χ1n) is 5.28. The van der Waals surface area contributed by atoms with Crippen LogP contribution in [0.15, 0.2) is 47.2 Å². The van der Waals surface area contributed by atoms with Crippen molar-refractivity contribution < 1.29 is 9.50 Å². The van der Waals surface area contributed by atoms with E-state index in [0.717, 1.165) is 5.52 Å². The second kappa shape index (κ2) is 4.10. The van der Waals surface area contributed by atoms with Gasteiger partial charge < -0.3 is 5.11 Å². The Balaban J connectivity index is 2.36. The molecule has 90 valence electrons. The maximum Gasteiger partial charge on any atom is 0.148 e. The SMILES string of the molecule is Oc1ccc2c(Br)nc(-c3ccccc3F)n2c1. The van der Waals surface area contributed by atoms with Crippen LogP contribution >= 0.6 is 15.9 Å². The van der Waals surface area contributed by atoms with Crippen molar-refractivity contribution in [2.75, 3.05) is 0 Å². The molecule has 0 saturated heterocycles. The van der Waals surface area contributed by atoms with Gasteiger partial charge in [0.05, 0.1) is 17.3 Å². The summed E-state index contributed by atoms with van der Waals surface area (Å²) in [4.78, 5) is 4.29. The van der Waals surface area contributed by atoms with Crippen molar-refractivity contribution in [3.05, 3.63) is 53.0 Å². The molecular weight excluding hydrogens is 299 g/mol. The number of fused-ring (bicyclic) bond motifs is 1. The molecule has 5 heteroatoms. The molecule has 3 rings (SSSR count). The van der Waals surface area contributed by atoms with E-state index < -0.39 is 0 Å². The van der Waals surface area contributed by atoms with Gasteiger partial charge in [-0.15, -0.1) is 0 Å². The predicted octanol–water partition coefficient (Wildman–Crippen LogP) is 3.61. The summed E-state index contributed by atoms with van der Waals surface area (Å²) in [5, 5.41) is 9.52. The van der Waals surface area contributed by atoms with E-state index in [1.807, 2.05) is 0 Å². The Hall–Kier alpha value is -1.88. The molecule has 0 atom stereocenters. The summed E-state index contributed by atoms with van der Waals surface area (Å²) in [6.45, 7) is 0. The lowest BCUT2D eigenvalue weighted by Gasteiger charge is -2.02. The second-order valence-electron chi connectivity index (χ2n) is 3.85. The molecule has 0 unspecified atom stereocenters. The zero-order valence-electron chi connectivity index (χ0n) is 9.14. The highest BCUT2D eigenvalue weighted by atomic mass is 79.9. The van der Waals surface area contributed by atoms with Gasteiger partial charge in [-0.05, 0) is 40.2 Å². The summed E-state index contributed by atoms with van der Waals surface area (Å²) < 4.78 is 16.0. The number of nitrogens with zero attached hydrogens (tertiary/aromatic N) is 2. The van der Waals surface area contributed by atoms with E-state index in [2.05, 4.69) is 20.9 Å². The van der Waals surface area contributed by atoms with Crippen molar-refractivity contribution in [3.8, 4) is 17.1 Å². The molecule has 0 radical (unpaired) electrons. The molecule has 0 aliphatic carbocycles. The van der Waals surface area contributed by atoms with Crippen LogP contribution in [0.4, 0.5) is 4.39 Å². The number of aromatic hydroxyl groups is 1. The average Bonchev–Trinajstić information content (AvgIpc) is 2.67. The van der Waals surface area contributed by atoms with E-state index in [-0.39, 0.29) is 11.6 Å². The van der Waals surface area contributed by atoms with E-state index in [4.69, 9.17) is 0 Å². The fourth-order valence-electron chi connectivity index (χ4n) is 1.87. The van der Waals surface area contributed by atoms with E-state index in [1.54, 1.807) is 34.7 Å². The zero-order valence-corrected chi connectivity index (χ0v) is 10.7. The lowest BCUT2D eigenvalue weighted by Crippen LogP contribution is -1.91. The molecule has 0 saturated carbocycles. The monoisotopic (exact) mass is 306 g/mol. The standard InChI is InChI=1S/C13H8BrFN2O/c14-12-11-6-5-8(18)7-17(11)13(16-12)9-3-1-2-4-10(9)15/h1-7,18H. The van der Waals surface area contributed by atoms with E-state index in [1.165, 1.54) is 12.3 Å². The van der Waals surface area contributed by atoms with Crippen molar-refractivity contribution in [3.63, 3.8) is 0 Å². The summed E-state index contributed by atoms with van der Waals surface area (Å²) in [6.07, 6.45) is 1.51. The topological polar surface area (TPSA) is 37.5 Å². The lowest BCUT2D eigenvalue weighted by molar-refractivity contribution is 0.472. The number of benzene rings is 1. The summed E-state index contributed by atoms with van der Waals surface area (Å²) in [5.41, 5.74) is 1.16. The van der Waals surface area contributed by atoms with E-state index in [0.29, 0.717) is 16.0 Å². The Morgan fingerprint density at radius 3 is 2.72 bits per heavy atom. The van der Waals surface area contributed by atoms with Crippen molar-refractivity contribution in [1.29, 1.82) is 0 Å². The Morgan fingerprint density at radius 2 is 1.94 bits per heavy atom. The van der Waals surface area contributed by atoms with Crippen LogP contribution in [0.1, 0.15) is 0 Å². The van der Waals surface area contributed by atoms with Gasteiger partial charge in [-0.1, -0.05) is 12.1 Å². The van der Waals surface area contributed by atoms with Crippen LogP contribution in [0.25, 0.3) is 16.9 Å². The van der Waals surface area contributed by atoms with Crippen LogP contribution in [0.3, 0.4) is 0 Å². The number of halogens is 2. The number of aromatic nitrogens is 2. The number of pyridine rings is 1. The second-order valence-corrected chi connectivity index (χ2v) is 4.60. The zero-order chi connectivity index (χ0) is 12.7. The molecule has 0 bridgehead atoms. The van der Waals surface area contributed by atoms with Crippen molar-refractivity contribution in [2.24, 2.45) is 0 Å². The lowest BCUT2D eigenvalue weighted by atomic mass is 10.2. The first-order valence-corrected chi connectivity index (χ1v) is 6.07. The Bertz CT molecular complexity index is 739. The average molecular weight is 307 g/mol. The van der Waals surface area contributed by atoms with Gasteiger partial charge in [-0.25, -0.2) is 9.37 Å². The molecule has 0 fully saturated rings. The van der Waals surface area contributed by atoms with Crippen molar-refractivity contribution in [2.45, 2.75) is 0 Å². The van der Waals surface area contributed by atoms with E-state index in [9.17, 15) is 9.50 Å². The highest BCUT2D eigenvalue weighted by Gasteiger charge is 2.14. The van der Waals surface area contributed by atoms with Gasteiger partial charge in [-0.3, -0.25) is 4.40 Å². The van der Waals surface area contributed by atoms with Crippen LogP contribution < -0.4 is 0 Å². The third-order valence-electron chi connectivity index (χ3n) is 2.69. The largest absolute Gasteiger partial charge is 0.506 e. The molecule has 2 aromatic heterocycles. The van der Waals surface area contributed by atoms with Crippen molar-refractivity contribution in [1.82, 2.24) is 9.38 Å². The molecule has 0 aliphatic rings. The first kappa shape index (κ1) is 11.2. The normalized spacial score (nSPS) is 11.0. The molecule has 18 heavy (non-hydrogen) atoms. The molecule has 2 heterocycles. The number of hydrogen-bond acceptors (Lipinski definition) is 2. The van der Waals surface area contributed by atoms with Crippen LogP contribution in [0.2, 0.25) is 0 Å². The highest BCUT2D eigenvalue weighted by molar-refractivity contribution is 9.10. The highest BCUT2D eigenvalue weighted by Crippen LogP contribution is 2.29. The molecule has 3 aromatic rings. The van der Waals surface area contributed by atoms with Gasteiger partial charge in [-0.2, -0.15) is 0 Å². The number of imidazole rings is 1. The van der Waals surface area contributed by atoms with Crippen LogP contribution in [-0.2, 0) is 0 Å². The van der Waals surface area contributed by atoms with Crippen LogP contribution in [0.5, 0.6) is 5.75 Å². The van der Waals surface area contributed by atoms with Gasteiger partial charge in [0.15, 0.2) is 0 Å². The fourth-order valence-corrected chi connectivity index (χ4v) is 2.36. The Kier molecular flexibility index (Phi) is 2.56. The third kappa shape index (κ3) is 1.67. The van der Waals surface area contributed by atoms with Gasteiger partial charge in [0.2, 0.25) is 0 Å².